The highest BCUT2D eigenvalue weighted by Gasteiger charge is 2.27. The summed E-state index contributed by atoms with van der Waals surface area (Å²) >= 11 is 0. The Morgan fingerprint density at radius 3 is 1.89 bits per heavy atom. The molecule has 0 rings (SSSR count). The minimum atomic E-state index is -0.726. The van der Waals surface area contributed by atoms with Gasteiger partial charge >= 0.3 is 12.1 Å². The van der Waals surface area contributed by atoms with E-state index in [-0.39, 0.29) is 5.91 Å². The molecular weight excluding hydrogens is 348 g/mol. The molecule has 7 nitrogen and oxygen atoms in total. The zero-order valence-corrected chi connectivity index (χ0v) is 17.5. The lowest BCUT2D eigenvalue weighted by Crippen LogP contribution is -2.52. The number of esters is 1. The van der Waals surface area contributed by atoms with Crippen LogP contribution in [0.4, 0.5) is 4.79 Å². The quantitative estimate of drug-likeness (QED) is 0.331. The maximum atomic E-state index is 12.6. The summed E-state index contributed by atoms with van der Waals surface area (Å²) in [6.07, 6.45) is 6.38. The SMILES string of the molecule is CCCCCOC(=O)C(CCC)NC(=O)C(CCC)NC(=O)OCCCC. The average Bonchev–Trinajstić information content (AvgIpc) is 2.64. The number of rotatable bonds is 15. The number of amides is 2. The minimum absolute atomic E-state index is 0.325. The highest BCUT2D eigenvalue weighted by molar-refractivity contribution is 5.89. The van der Waals surface area contributed by atoms with Gasteiger partial charge < -0.3 is 20.1 Å². The molecule has 2 N–H and O–H groups in total. The molecule has 0 spiro atoms. The summed E-state index contributed by atoms with van der Waals surface area (Å²) in [7, 11) is 0. The van der Waals surface area contributed by atoms with Crippen molar-refractivity contribution in [3.05, 3.63) is 0 Å². The molecule has 2 atom stereocenters. The lowest BCUT2D eigenvalue weighted by atomic mass is 10.1. The zero-order valence-electron chi connectivity index (χ0n) is 17.5. The van der Waals surface area contributed by atoms with E-state index in [1.165, 1.54) is 0 Å². The van der Waals surface area contributed by atoms with Crippen LogP contribution in [0.15, 0.2) is 0 Å². The van der Waals surface area contributed by atoms with Crippen molar-refractivity contribution < 1.29 is 23.9 Å². The largest absolute Gasteiger partial charge is 0.464 e. The van der Waals surface area contributed by atoms with E-state index >= 15 is 0 Å². The van der Waals surface area contributed by atoms with Gasteiger partial charge in [-0.25, -0.2) is 9.59 Å². The molecule has 158 valence electrons. The van der Waals surface area contributed by atoms with Gasteiger partial charge in [-0.3, -0.25) is 4.79 Å². The van der Waals surface area contributed by atoms with Gasteiger partial charge in [0.25, 0.3) is 0 Å². The smallest absolute Gasteiger partial charge is 0.407 e. The Bertz CT molecular complexity index is 429. The van der Waals surface area contributed by atoms with Crippen LogP contribution in [0.25, 0.3) is 0 Å². The Hall–Kier alpha value is -1.79. The Morgan fingerprint density at radius 1 is 0.704 bits per heavy atom. The molecule has 2 amide bonds. The van der Waals surface area contributed by atoms with E-state index in [0.29, 0.717) is 32.5 Å². The molecule has 0 saturated heterocycles. The Balaban J connectivity index is 4.67. The average molecular weight is 387 g/mol. The van der Waals surface area contributed by atoms with E-state index < -0.39 is 24.1 Å². The third-order valence-electron chi connectivity index (χ3n) is 4.09. The van der Waals surface area contributed by atoms with Crippen molar-refractivity contribution in [3.63, 3.8) is 0 Å². The summed E-state index contributed by atoms with van der Waals surface area (Å²) in [5.74, 6) is -0.796. The lowest BCUT2D eigenvalue weighted by molar-refractivity contribution is -0.148. The first kappa shape index (κ1) is 25.2. The number of nitrogens with one attached hydrogen (secondary N) is 2. The van der Waals surface area contributed by atoms with E-state index in [9.17, 15) is 14.4 Å². The van der Waals surface area contributed by atoms with Crippen LogP contribution in [0.2, 0.25) is 0 Å². The van der Waals surface area contributed by atoms with E-state index in [4.69, 9.17) is 9.47 Å². The van der Waals surface area contributed by atoms with Crippen molar-refractivity contribution in [2.75, 3.05) is 13.2 Å². The molecule has 7 heteroatoms. The summed E-state index contributed by atoms with van der Waals surface area (Å²) in [5.41, 5.74) is 0. The van der Waals surface area contributed by atoms with Gasteiger partial charge in [-0.1, -0.05) is 59.8 Å². The lowest BCUT2D eigenvalue weighted by Gasteiger charge is -2.22. The fourth-order valence-electron chi connectivity index (χ4n) is 2.49. The van der Waals surface area contributed by atoms with Crippen molar-refractivity contribution in [3.8, 4) is 0 Å². The van der Waals surface area contributed by atoms with Gasteiger partial charge in [-0.05, 0) is 25.7 Å². The maximum Gasteiger partial charge on any atom is 0.407 e. The predicted molar refractivity (Wildman–Crippen MR) is 105 cm³/mol. The number of carbonyl (C=O) groups is 3. The van der Waals surface area contributed by atoms with Crippen molar-refractivity contribution in [1.29, 1.82) is 0 Å². The standard InChI is InChI=1S/C20H38N2O5/c1-5-9-11-15-26-19(24)17(13-8-4)21-18(23)16(12-7-3)22-20(25)27-14-10-6-2/h16-17H,5-15H2,1-4H3,(H,21,23)(H,22,25). The fraction of sp³-hybridized carbons (Fsp3) is 0.850. The van der Waals surface area contributed by atoms with Crippen molar-refractivity contribution in [1.82, 2.24) is 10.6 Å². The van der Waals surface area contributed by atoms with Crippen LogP contribution >= 0.6 is 0 Å². The Kier molecular flexibility index (Phi) is 15.3. The highest BCUT2D eigenvalue weighted by Crippen LogP contribution is 2.05. The molecule has 0 aromatic carbocycles. The number of hydrogen-bond acceptors (Lipinski definition) is 5. The summed E-state index contributed by atoms with van der Waals surface area (Å²) in [5, 5.41) is 5.33. The topological polar surface area (TPSA) is 93.7 Å². The van der Waals surface area contributed by atoms with Crippen LogP contribution in [0.5, 0.6) is 0 Å². The summed E-state index contributed by atoms with van der Waals surface area (Å²) < 4.78 is 10.3. The van der Waals surface area contributed by atoms with Gasteiger partial charge in [-0.15, -0.1) is 0 Å². The Labute approximate surface area is 163 Å². The number of unbranched alkanes of at least 4 members (excludes halogenated alkanes) is 3. The monoisotopic (exact) mass is 386 g/mol. The molecule has 0 aromatic rings. The molecular formula is C20H38N2O5. The second-order valence-electron chi connectivity index (χ2n) is 6.70. The van der Waals surface area contributed by atoms with Gasteiger partial charge in [-0.2, -0.15) is 0 Å². The van der Waals surface area contributed by atoms with Crippen molar-refractivity contribution >= 4 is 18.0 Å². The summed E-state index contributed by atoms with van der Waals surface area (Å²) in [6, 6.07) is -1.42. The molecule has 0 radical (unpaired) electrons. The number of hydrogen-bond donors (Lipinski definition) is 2. The van der Waals surface area contributed by atoms with Crippen LogP contribution in [-0.2, 0) is 19.1 Å². The highest BCUT2D eigenvalue weighted by atomic mass is 16.5. The van der Waals surface area contributed by atoms with Gasteiger partial charge in [0.15, 0.2) is 0 Å². The molecule has 0 heterocycles. The normalized spacial score (nSPS) is 12.7. The molecule has 2 unspecified atom stereocenters. The summed E-state index contributed by atoms with van der Waals surface area (Å²) in [6.45, 7) is 8.64. The number of alkyl carbamates (subject to hydrolysis) is 1. The fourth-order valence-corrected chi connectivity index (χ4v) is 2.49. The summed E-state index contributed by atoms with van der Waals surface area (Å²) in [4.78, 5) is 36.7. The van der Waals surface area contributed by atoms with Crippen molar-refractivity contribution in [2.24, 2.45) is 0 Å². The van der Waals surface area contributed by atoms with Gasteiger partial charge in [0.2, 0.25) is 5.91 Å². The second kappa shape index (κ2) is 16.4. The van der Waals surface area contributed by atoms with Gasteiger partial charge in [0.1, 0.15) is 12.1 Å². The van der Waals surface area contributed by atoms with Crippen LogP contribution in [0, 0.1) is 0 Å². The number of ether oxygens (including phenoxy) is 2. The first-order valence-electron chi connectivity index (χ1n) is 10.4. The second-order valence-corrected chi connectivity index (χ2v) is 6.70. The van der Waals surface area contributed by atoms with Crippen molar-refractivity contribution in [2.45, 2.75) is 97.6 Å². The zero-order chi connectivity index (χ0) is 20.5. The third-order valence-corrected chi connectivity index (χ3v) is 4.09. The third kappa shape index (κ3) is 12.3. The molecule has 27 heavy (non-hydrogen) atoms. The van der Waals surface area contributed by atoms with Crippen LogP contribution in [-0.4, -0.2) is 43.3 Å². The van der Waals surface area contributed by atoms with E-state index in [1.54, 1.807) is 0 Å². The molecule has 0 aliphatic rings. The van der Waals surface area contributed by atoms with Gasteiger partial charge in [0.05, 0.1) is 13.2 Å². The molecule has 0 aliphatic carbocycles. The first-order chi connectivity index (χ1) is 13.0. The number of carbonyl (C=O) groups excluding carboxylic acids is 3. The van der Waals surface area contributed by atoms with E-state index in [1.807, 2.05) is 20.8 Å². The van der Waals surface area contributed by atoms with Gasteiger partial charge in [0, 0.05) is 0 Å². The molecule has 0 aromatic heterocycles. The van der Waals surface area contributed by atoms with Crippen LogP contribution in [0.3, 0.4) is 0 Å². The van der Waals surface area contributed by atoms with E-state index in [2.05, 4.69) is 17.6 Å². The van der Waals surface area contributed by atoms with Crippen LogP contribution < -0.4 is 10.6 Å². The molecule has 0 saturated carbocycles. The Morgan fingerprint density at radius 2 is 1.30 bits per heavy atom. The molecule has 0 aliphatic heterocycles. The maximum absolute atomic E-state index is 12.6. The first-order valence-corrected chi connectivity index (χ1v) is 10.4. The minimum Gasteiger partial charge on any atom is -0.464 e. The van der Waals surface area contributed by atoms with Crippen LogP contribution in [0.1, 0.15) is 85.5 Å². The van der Waals surface area contributed by atoms with E-state index in [0.717, 1.165) is 38.5 Å². The predicted octanol–water partition coefficient (Wildman–Crippen LogP) is 3.70. The molecule has 0 bridgehead atoms. The molecule has 0 fully saturated rings.